The summed E-state index contributed by atoms with van der Waals surface area (Å²) >= 11 is 0. The number of aryl methyl sites for hydroxylation is 1. The van der Waals surface area contributed by atoms with Gasteiger partial charge in [0.2, 0.25) is 0 Å². The van der Waals surface area contributed by atoms with E-state index < -0.39 is 0 Å². The molecule has 0 bridgehead atoms. The van der Waals surface area contributed by atoms with E-state index in [2.05, 4.69) is 16.9 Å². The Kier molecular flexibility index (Phi) is 3.11. The Morgan fingerprint density at radius 1 is 1.21 bits per heavy atom. The zero-order chi connectivity index (χ0) is 13.4. The molecule has 0 aliphatic heterocycles. The predicted molar refractivity (Wildman–Crippen MR) is 78.2 cm³/mol. The molecule has 0 radical (unpaired) electrons. The van der Waals surface area contributed by atoms with E-state index in [1.54, 1.807) is 0 Å². The molecule has 1 saturated carbocycles. The van der Waals surface area contributed by atoms with E-state index in [9.17, 15) is 0 Å². The Hall–Kier alpha value is -1.68. The quantitative estimate of drug-likeness (QED) is 0.914. The van der Waals surface area contributed by atoms with Crippen LogP contribution in [0.2, 0.25) is 0 Å². The minimum absolute atomic E-state index is 0.405. The van der Waals surface area contributed by atoms with E-state index in [-0.39, 0.29) is 0 Å². The van der Waals surface area contributed by atoms with Crippen molar-refractivity contribution in [3.63, 3.8) is 0 Å². The van der Waals surface area contributed by atoms with Crippen LogP contribution in [0.3, 0.4) is 0 Å². The van der Waals surface area contributed by atoms with Crippen molar-refractivity contribution in [3.05, 3.63) is 30.0 Å². The molecule has 100 valence electrons. The maximum absolute atomic E-state index is 5.84. The molecule has 1 aliphatic rings. The van der Waals surface area contributed by atoms with Crippen molar-refractivity contribution in [2.24, 2.45) is 11.7 Å². The Balaban J connectivity index is 1.84. The van der Waals surface area contributed by atoms with Gasteiger partial charge in [-0.2, -0.15) is 0 Å². The Bertz CT molecular complexity index is 590. The highest BCUT2D eigenvalue weighted by atomic mass is 15.2. The predicted octanol–water partition coefficient (Wildman–Crippen LogP) is 2.11. The smallest absolute Gasteiger partial charge is 0.150 e. The van der Waals surface area contributed by atoms with Crippen LogP contribution in [0.5, 0.6) is 0 Å². The number of para-hydroxylation sites is 2. The first-order valence-corrected chi connectivity index (χ1v) is 6.83. The second-order valence-corrected chi connectivity index (χ2v) is 5.60. The summed E-state index contributed by atoms with van der Waals surface area (Å²) in [5.74, 6) is 1.69. The molecule has 0 unspecified atom stereocenters. The molecule has 19 heavy (non-hydrogen) atoms. The van der Waals surface area contributed by atoms with Crippen LogP contribution in [-0.4, -0.2) is 29.6 Å². The van der Waals surface area contributed by atoms with Crippen molar-refractivity contribution >= 4 is 16.9 Å². The first kappa shape index (κ1) is 12.4. The topological polar surface area (TPSA) is 55.0 Å². The number of benzene rings is 1. The van der Waals surface area contributed by atoms with E-state index in [0.717, 1.165) is 41.9 Å². The van der Waals surface area contributed by atoms with Crippen LogP contribution in [0.15, 0.2) is 24.3 Å². The lowest BCUT2D eigenvalue weighted by Gasteiger charge is -2.35. The van der Waals surface area contributed by atoms with Crippen LogP contribution >= 0.6 is 0 Å². The zero-order valence-corrected chi connectivity index (χ0v) is 11.5. The van der Waals surface area contributed by atoms with E-state index in [1.807, 2.05) is 31.2 Å². The molecule has 0 spiro atoms. The van der Waals surface area contributed by atoms with Crippen molar-refractivity contribution in [1.82, 2.24) is 9.97 Å². The summed E-state index contributed by atoms with van der Waals surface area (Å²) in [5.41, 5.74) is 8.75. The molecule has 4 nitrogen and oxygen atoms in total. The maximum atomic E-state index is 5.84. The lowest BCUT2D eigenvalue weighted by molar-refractivity contribution is 0.270. The highest BCUT2D eigenvalue weighted by Crippen LogP contribution is 2.28. The normalized spacial score (nSPS) is 22.3. The minimum atomic E-state index is 0.405. The molecule has 1 fully saturated rings. The number of fused-ring (bicyclic) bond motifs is 1. The Morgan fingerprint density at radius 3 is 2.47 bits per heavy atom. The van der Waals surface area contributed by atoms with Crippen LogP contribution in [0.1, 0.15) is 18.5 Å². The Morgan fingerprint density at radius 2 is 1.84 bits per heavy atom. The lowest BCUT2D eigenvalue weighted by atomic mass is 9.80. The summed E-state index contributed by atoms with van der Waals surface area (Å²) in [4.78, 5) is 11.6. The van der Waals surface area contributed by atoms with Gasteiger partial charge in [-0.05, 0) is 37.8 Å². The standard InChI is InChI=1S/C15H20N4/c1-10-15(19(2)9-11-7-12(16)8-11)18-14-6-4-3-5-13(14)17-10/h3-6,11-12H,7-9,16H2,1-2H3. The van der Waals surface area contributed by atoms with E-state index >= 15 is 0 Å². The highest BCUT2D eigenvalue weighted by molar-refractivity contribution is 5.76. The lowest BCUT2D eigenvalue weighted by Crippen LogP contribution is -2.42. The number of nitrogens with two attached hydrogens (primary N) is 1. The monoisotopic (exact) mass is 256 g/mol. The van der Waals surface area contributed by atoms with Crippen LogP contribution in [0, 0.1) is 12.8 Å². The van der Waals surface area contributed by atoms with Crippen molar-refractivity contribution < 1.29 is 0 Å². The van der Waals surface area contributed by atoms with Crippen LogP contribution in [0.25, 0.3) is 11.0 Å². The van der Waals surface area contributed by atoms with Crippen LogP contribution in [0.4, 0.5) is 5.82 Å². The molecule has 0 saturated heterocycles. The summed E-state index contributed by atoms with van der Waals surface area (Å²) < 4.78 is 0. The van der Waals surface area contributed by atoms with Gasteiger partial charge in [0.15, 0.2) is 5.82 Å². The van der Waals surface area contributed by atoms with Gasteiger partial charge in [0.1, 0.15) is 0 Å². The van der Waals surface area contributed by atoms with Crippen molar-refractivity contribution in [1.29, 1.82) is 0 Å². The van der Waals surface area contributed by atoms with Gasteiger partial charge in [0.25, 0.3) is 0 Å². The third-order valence-corrected chi connectivity index (χ3v) is 3.89. The average molecular weight is 256 g/mol. The van der Waals surface area contributed by atoms with Crippen molar-refractivity contribution in [3.8, 4) is 0 Å². The van der Waals surface area contributed by atoms with Crippen molar-refractivity contribution in [2.45, 2.75) is 25.8 Å². The van der Waals surface area contributed by atoms with E-state index in [0.29, 0.717) is 12.0 Å². The average Bonchev–Trinajstić information content (AvgIpc) is 2.36. The number of nitrogens with zero attached hydrogens (tertiary/aromatic N) is 3. The zero-order valence-electron chi connectivity index (χ0n) is 11.5. The number of hydrogen-bond donors (Lipinski definition) is 1. The van der Waals surface area contributed by atoms with Gasteiger partial charge in [0.05, 0.1) is 16.7 Å². The molecule has 1 heterocycles. The van der Waals surface area contributed by atoms with Gasteiger partial charge >= 0.3 is 0 Å². The van der Waals surface area contributed by atoms with Crippen LogP contribution in [-0.2, 0) is 0 Å². The fourth-order valence-electron chi connectivity index (χ4n) is 2.85. The maximum Gasteiger partial charge on any atom is 0.150 e. The summed E-state index contributed by atoms with van der Waals surface area (Å²) in [6.07, 6.45) is 2.26. The third-order valence-electron chi connectivity index (χ3n) is 3.89. The number of rotatable bonds is 3. The van der Waals surface area contributed by atoms with Gasteiger partial charge in [-0.1, -0.05) is 12.1 Å². The van der Waals surface area contributed by atoms with E-state index in [4.69, 9.17) is 10.7 Å². The third kappa shape index (κ3) is 2.40. The first-order chi connectivity index (χ1) is 9.13. The molecular weight excluding hydrogens is 236 g/mol. The van der Waals surface area contributed by atoms with Gasteiger partial charge in [-0.15, -0.1) is 0 Å². The number of hydrogen-bond acceptors (Lipinski definition) is 4. The largest absolute Gasteiger partial charge is 0.358 e. The van der Waals surface area contributed by atoms with Gasteiger partial charge < -0.3 is 10.6 Å². The molecular formula is C15H20N4. The fourth-order valence-corrected chi connectivity index (χ4v) is 2.85. The van der Waals surface area contributed by atoms with E-state index in [1.165, 1.54) is 0 Å². The van der Waals surface area contributed by atoms with Crippen molar-refractivity contribution in [2.75, 3.05) is 18.5 Å². The highest BCUT2D eigenvalue weighted by Gasteiger charge is 2.27. The molecule has 1 aromatic carbocycles. The summed E-state index contributed by atoms with van der Waals surface area (Å²) in [5, 5.41) is 0. The second kappa shape index (κ2) is 4.78. The SMILES string of the molecule is Cc1nc2ccccc2nc1N(C)CC1CC(N)C1. The molecule has 2 N–H and O–H groups in total. The van der Waals surface area contributed by atoms with Gasteiger partial charge in [0, 0.05) is 19.6 Å². The fraction of sp³-hybridized carbons (Fsp3) is 0.467. The number of anilines is 1. The molecule has 1 aliphatic carbocycles. The second-order valence-electron chi connectivity index (χ2n) is 5.60. The molecule has 1 aromatic heterocycles. The molecule has 0 amide bonds. The summed E-state index contributed by atoms with van der Waals surface area (Å²) in [7, 11) is 2.09. The summed E-state index contributed by atoms with van der Waals surface area (Å²) in [6.45, 7) is 3.04. The molecule has 3 rings (SSSR count). The van der Waals surface area contributed by atoms with Crippen LogP contribution < -0.4 is 10.6 Å². The number of aromatic nitrogens is 2. The molecule has 0 atom stereocenters. The minimum Gasteiger partial charge on any atom is -0.358 e. The Labute approximate surface area is 113 Å². The molecule has 2 aromatic rings. The van der Waals surface area contributed by atoms with Gasteiger partial charge in [-0.25, -0.2) is 9.97 Å². The summed E-state index contributed by atoms with van der Waals surface area (Å²) in [6, 6.07) is 8.42. The molecule has 4 heteroatoms. The first-order valence-electron chi connectivity index (χ1n) is 6.83. The van der Waals surface area contributed by atoms with Gasteiger partial charge in [-0.3, -0.25) is 0 Å².